The van der Waals surface area contributed by atoms with Gasteiger partial charge in [0.1, 0.15) is 0 Å². The summed E-state index contributed by atoms with van der Waals surface area (Å²) in [6.07, 6.45) is 3.22. The summed E-state index contributed by atoms with van der Waals surface area (Å²) in [5.41, 5.74) is 0.997. The van der Waals surface area contributed by atoms with Gasteiger partial charge in [-0.05, 0) is 33.2 Å². The first kappa shape index (κ1) is 11.5. The molecule has 1 atom stereocenters. The highest BCUT2D eigenvalue weighted by Gasteiger charge is 2.21. The SMILES string of the molecule is Cc1nc(NC(=O)[C@@H]2CCCCN2)sc1C. The molecule has 0 aromatic carbocycles. The van der Waals surface area contributed by atoms with Crippen LogP contribution in [0.25, 0.3) is 0 Å². The van der Waals surface area contributed by atoms with E-state index >= 15 is 0 Å². The Bertz CT molecular complexity index is 363. The average Bonchev–Trinajstić information content (AvgIpc) is 2.59. The van der Waals surface area contributed by atoms with Gasteiger partial charge < -0.3 is 10.6 Å². The molecule has 4 nitrogen and oxygen atoms in total. The van der Waals surface area contributed by atoms with Gasteiger partial charge >= 0.3 is 0 Å². The molecular weight excluding hydrogens is 222 g/mol. The highest BCUT2D eigenvalue weighted by molar-refractivity contribution is 7.15. The lowest BCUT2D eigenvalue weighted by molar-refractivity contribution is -0.118. The largest absolute Gasteiger partial charge is 0.306 e. The van der Waals surface area contributed by atoms with E-state index in [4.69, 9.17) is 0 Å². The van der Waals surface area contributed by atoms with E-state index in [0.717, 1.165) is 30.0 Å². The van der Waals surface area contributed by atoms with Crippen LogP contribution in [0.15, 0.2) is 0 Å². The van der Waals surface area contributed by atoms with E-state index in [2.05, 4.69) is 15.6 Å². The van der Waals surface area contributed by atoms with Crippen LogP contribution in [0.3, 0.4) is 0 Å². The van der Waals surface area contributed by atoms with Gasteiger partial charge in [-0.25, -0.2) is 4.98 Å². The Hall–Kier alpha value is -0.940. The molecule has 2 N–H and O–H groups in total. The number of aryl methyl sites for hydroxylation is 2. The molecule has 0 spiro atoms. The maximum atomic E-state index is 11.9. The van der Waals surface area contributed by atoms with Crippen molar-refractivity contribution in [3.05, 3.63) is 10.6 Å². The Morgan fingerprint density at radius 1 is 1.50 bits per heavy atom. The van der Waals surface area contributed by atoms with Gasteiger partial charge in [0, 0.05) is 4.88 Å². The quantitative estimate of drug-likeness (QED) is 0.828. The van der Waals surface area contributed by atoms with Gasteiger partial charge in [0.05, 0.1) is 11.7 Å². The average molecular weight is 239 g/mol. The first-order valence-electron chi connectivity index (χ1n) is 5.65. The molecule has 5 heteroatoms. The van der Waals surface area contributed by atoms with Gasteiger partial charge in [0.25, 0.3) is 0 Å². The number of carbonyl (C=O) groups excluding carboxylic acids is 1. The summed E-state index contributed by atoms with van der Waals surface area (Å²) < 4.78 is 0. The van der Waals surface area contributed by atoms with Gasteiger partial charge in [-0.1, -0.05) is 6.42 Å². The van der Waals surface area contributed by atoms with E-state index in [0.29, 0.717) is 5.13 Å². The van der Waals surface area contributed by atoms with E-state index < -0.39 is 0 Å². The van der Waals surface area contributed by atoms with Crippen LogP contribution < -0.4 is 10.6 Å². The first-order valence-corrected chi connectivity index (χ1v) is 6.47. The fraction of sp³-hybridized carbons (Fsp3) is 0.636. The number of carbonyl (C=O) groups is 1. The molecule has 2 rings (SSSR count). The van der Waals surface area contributed by atoms with Crippen LogP contribution in [-0.2, 0) is 4.79 Å². The van der Waals surface area contributed by atoms with Crippen LogP contribution in [0.5, 0.6) is 0 Å². The number of aromatic nitrogens is 1. The van der Waals surface area contributed by atoms with E-state index in [9.17, 15) is 4.79 Å². The molecule has 1 aromatic rings. The normalized spacial score (nSPS) is 20.8. The fourth-order valence-electron chi connectivity index (χ4n) is 1.79. The van der Waals surface area contributed by atoms with Crippen molar-refractivity contribution >= 4 is 22.4 Å². The Morgan fingerprint density at radius 3 is 2.88 bits per heavy atom. The minimum Gasteiger partial charge on any atom is -0.306 e. The molecule has 16 heavy (non-hydrogen) atoms. The number of amides is 1. The lowest BCUT2D eigenvalue weighted by atomic mass is 10.0. The van der Waals surface area contributed by atoms with Crippen LogP contribution in [0.1, 0.15) is 29.8 Å². The van der Waals surface area contributed by atoms with Crippen molar-refractivity contribution in [2.24, 2.45) is 0 Å². The number of nitrogens with zero attached hydrogens (tertiary/aromatic N) is 1. The van der Waals surface area contributed by atoms with Crippen LogP contribution in [0.4, 0.5) is 5.13 Å². The van der Waals surface area contributed by atoms with E-state index in [1.807, 2.05) is 13.8 Å². The van der Waals surface area contributed by atoms with Crippen molar-refractivity contribution in [1.82, 2.24) is 10.3 Å². The van der Waals surface area contributed by atoms with Gasteiger partial charge in [0.15, 0.2) is 5.13 Å². The van der Waals surface area contributed by atoms with Crippen molar-refractivity contribution in [3.8, 4) is 0 Å². The van der Waals surface area contributed by atoms with Crippen LogP contribution in [-0.4, -0.2) is 23.5 Å². The highest BCUT2D eigenvalue weighted by Crippen LogP contribution is 2.21. The van der Waals surface area contributed by atoms with Crippen molar-refractivity contribution in [2.75, 3.05) is 11.9 Å². The molecule has 1 fully saturated rings. The monoisotopic (exact) mass is 239 g/mol. The van der Waals surface area contributed by atoms with Crippen molar-refractivity contribution < 1.29 is 4.79 Å². The summed E-state index contributed by atoms with van der Waals surface area (Å²) >= 11 is 1.54. The number of thiazole rings is 1. The topological polar surface area (TPSA) is 54.0 Å². The Kier molecular flexibility index (Phi) is 3.56. The Balaban J connectivity index is 1.95. The first-order chi connectivity index (χ1) is 7.66. The number of hydrogen-bond acceptors (Lipinski definition) is 4. The number of hydrogen-bond donors (Lipinski definition) is 2. The molecule has 0 unspecified atom stereocenters. The lowest BCUT2D eigenvalue weighted by Gasteiger charge is -2.21. The van der Waals surface area contributed by atoms with Gasteiger partial charge in [-0.2, -0.15) is 0 Å². The molecule has 2 heterocycles. The van der Waals surface area contributed by atoms with Gasteiger partial charge in [-0.3, -0.25) is 4.79 Å². The third-order valence-corrected chi connectivity index (χ3v) is 3.87. The molecule has 0 saturated carbocycles. The minimum atomic E-state index is -0.0433. The third-order valence-electron chi connectivity index (χ3n) is 2.89. The standard InChI is InChI=1S/C11H17N3OS/c1-7-8(2)16-11(13-7)14-10(15)9-5-3-4-6-12-9/h9,12H,3-6H2,1-2H3,(H,13,14,15)/t9-/m0/s1. The Labute approximate surface area is 99.5 Å². The van der Waals surface area contributed by atoms with Crippen molar-refractivity contribution in [2.45, 2.75) is 39.2 Å². The van der Waals surface area contributed by atoms with Crippen LogP contribution in [0.2, 0.25) is 0 Å². The summed E-state index contributed by atoms with van der Waals surface area (Å²) in [6, 6.07) is -0.0433. The third kappa shape index (κ3) is 2.59. The number of anilines is 1. The highest BCUT2D eigenvalue weighted by atomic mass is 32.1. The Morgan fingerprint density at radius 2 is 2.31 bits per heavy atom. The molecule has 0 bridgehead atoms. The summed E-state index contributed by atoms with van der Waals surface area (Å²) in [5, 5.41) is 6.82. The molecular formula is C11H17N3OS. The second-order valence-electron chi connectivity index (χ2n) is 4.15. The molecule has 1 amide bonds. The molecule has 1 aliphatic rings. The lowest BCUT2D eigenvalue weighted by Crippen LogP contribution is -2.43. The van der Waals surface area contributed by atoms with Crippen LogP contribution in [0, 0.1) is 13.8 Å². The predicted octanol–water partition coefficient (Wildman–Crippen LogP) is 1.84. The summed E-state index contributed by atoms with van der Waals surface area (Å²) in [7, 11) is 0. The molecule has 1 aliphatic heterocycles. The summed E-state index contributed by atoms with van der Waals surface area (Å²) in [4.78, 5) is 17.3. The number of nitrogens with one attached hydrogen (secondary N) is 2. The maximum absolute atomic E-state index is 11.9. The van der Waals surface area contributed by atoms with Gasteiger partial charge in [-0.15, -0.1) is 11.3 Å². The summed E-state index contributed by atoms with van der Waals surface area (Å²) in [6.45, 7) is 4.91. The molecule has 1 saturated heterocycles. The number of piperidine rings is 1. The second kappa shape index (κ2) is 4.93. The van der Waals surface area contributed by atoms with E-state index in [1.165, 1.54) is 17.8 Å². The smallest absolute Gasteiger partial charge is 0.243 e. The van der Waals surface area contributed by atoms with Gasteiger partial charge in [0.2, 0.25) is 5.91 Å². The summed E-state index contributed by atoms with van der Waals surface area (Å²) in [5.74, 6) is 0.0495. The van der Waals surface area contributed by atoms with E-state index in [-0.39, 0.29) is 11.9 Å². The molecule has 0 radical (unpaired) electrons. The van der Waals surface area contributed by atoms with E-state index in [1.54, 1.807) is 0 Å². The predicted molar refractivity (Wildman–Crippen MR) is 65.9 cm³/mol. The zero-order valence-corrected chi connectivity index (χ0v) is 10.5. The fourth-order valence-corrected chi connectivity index (χ4v) is 2.61. The van der Waals surface area contributed by atoms with Crippen LogP contribution >= 0.6 is 11.3 Å². The molecule has 0 aliphatic carbocycles. The molecule has 88 valence electrons. The second-order valence-corrected chi connectivity index (χ2v) is 5.36. The minimum absolute atomic E-state index is 0.0433. The van der Waals surface area contributed by atoms with Crippen molar-refractivity contribution in [3.63, 3.8) is 0 Å². The van der Waals surface area contributed by atoms with Crippen molar-refractivity contribution in [1.29, 1.82) is 0 Å². The zero-order valence-electron chi connectivity index (χ0n) is 9.67. The molecule has 1 aromatic heterocycles. The zero-order chi connectivity index (χ0) is 11.5. The maximum Gasteiger partial charge on any atom is 0.243 e. The number of rotatable bonds is 2.